The molecule has 0 bridgehead atoms. The van der Waals surface area contributed by atoms with E-state index in [9.17, 15) is 9.70 Å². The zero-order valence-electron chi connectivity index (χ0n) is 11.7. The molecule has 0 saturated carbocycles. The van der Waals surface area contributed by atoms with Gasteiger partial charge in [0.1, 0.15) is 23.7 Å². The van der Waals surface area contributed by atoms with E-state index in [0.29, 0.717) is 21.6 Å². The molecular formula is C12H17BrN3O4+. The number of carbonyl (C=O) groups excluding carboxylic acids is 1. The maximum Gasteiger partial charge on any atom is 0.301 e. The van der Waals surface area contributed by atoms with Crippen molar-refractivity contribution in [1.82, 2.24) is 0 Å². The highest BCUT2D eigenvalue weighted by Crippen LogP contribution is 2.42. The Bertz CT molecular complexity index is 522. The largest absolute Gasteiger partial charge is 0.495 e. The molecule has 1 amide bonds. The summed E-state index contributed by atoms with van der Waals surface area (Å²) in [6.07, 6.45) is 0. The minimum absolute atomic E-state index is 0.0813. The molecule has 0 spiro atoms. The Kier molecular flexibility index (Phi) is 5.90. The van der Waals surface area contributed by atoms with Gasteiger partial charge in [0.2, 0.25) is 0 Å². The van der Waals surface area contributed by atoms with Crippen LogP contribution < -0.4 is 20.1 Å². The number of amides is 1. The van der Waals surface area contributed by atoms with Crippen LogP contribution in [0.2, 0.25) is 0 Å². The number of nitrogens with one attached hydrogen (secondary N) is 2. The Morgan fingerprint density at radius 2 is 2.15 bits per heavy atom. The lowest BCUT2D eigenvalue weighted by Gasteiger charge is -2.19. The topological polar surface area (TPSA) is 81.8 Å². The summed E-state index contributed by atoms with van der Waals surface area (Å²) in [6, 6.07) is 1.60. The van der Waals surface area contributed by atoms with Crippen molar-refractivity contribution in [3.8, 4) is 5.75 Å². The molecule has 2 N–H and O–H groups in total. The Morgan fingerprint density at radius 3 is 2.60 bits per heavy atom. The number of hydrogen-bond acceptors (Lipinski definition) is 5. The molecule has 0 aliphatic heterocycles. The maximum absolute atomic E-state index is 11.9. The average molecular weight is 347 g/mol. The van der Waals surface area contributed by atoms with Gasteiger partial charge in [0.25, 0.3) is 5.91 Å². The molecule has 7 nitrogen and oxygen atoms in total. The van der Waals surface area contributed by atoms with Crippen LogP contribution in [0.15, 0.2) is 10.5 Å². The number of nitrogens with zero attached hydrogens (tertiary/aromatic N) is 1. The quantitative estimate of drug-likeness (QED) is 0.787. The maximum atomic E-state index is 11.9. The molecule has 0 radical (unpaired) electrons. The minimum Gasteiger partial charge on any atom is -0.495 e. The van der Waals surface area contributed by atoms with Crippen LogP contribution in [0.25, 0.3) is 0 Å². The Balaban J connectivity index is 3.44. The molecule has 110 valence electrons. The second-order valence-electron chi connectivity index (χ2n) is 3.90. The van der Waals surface area contributed by atoms with Crippen LogP contribution in [0.1, 0.15) is 0 Å². The van der Waals surface area contributed by atoms with Crippen LogP contribution in [0.5, 0.6) is 5.75 Å². The first kappa shape index (κ1) is 16.4. The summed E-state index contributed by atoms with van der Waals surface area (Å²) in [5.74, 6) is 0.218. The zero-order valence-corrected chi connectivity index (χ0v) is 13.3. The lowest BCUT2D eigenvalue weighted by molar-refractivity contribution is -0.377. The highest BCUT2D eigenvalue weighted by atomic mass is 79.9. The van der Waals surface area contributed by atoms with Crippen LogP contribution in [-0.2, 0) is 9.53 Å². The van der Waals surface area contributed by atoms with Gasteiger partial charge in [-0.1, -0.05) is 0 Å². The van der Waals surface area contributed by atoms with Crippen molar-refractivity contribution in [1.29, 1.82) is 0 Å². The molecule has 1 aromatic carbocycles. The number of rotatable bonds is 6. The molecule has 0 aliphatic rings. The minimum atomic E-state index is -0.282. The van der Waals surface area contributed by atoms with Crippen LogP contribution in [0, 0.1) is 4.91 Å². The molecule has 1 rings (SSSR count). The number of hydrogen-bond donors (Lipinski definition) is 2. The first-order chi connectivity index (χ1) is 9.51. The van der Waals surface area contributed by atoms with E-state index in [1.807, 2.05) is 5.18 Å². The van der Waals surface area contributed by atoms with Crippen LogP contribution in [-0.4, -0.2) is 40.8 Å². The van der Waals surface area contributed by atoms with E-state index in [1.54, 1.807) is 20.2 Å². The van der Waals surface area contributed by atoms with E-state index in [1.165, 1.54) is 19.1 Å². The van der Waals surface area contributed by atoms with Crippen molar-refractivity contribution in [3.05, 3.63) is 15.4 Å². The number of carbonyl (C=O) groups is 1. The average Bonchev–Trinajstić information content (AvgIpc) is 2.45. The summed E-state index contributed by atoms with van der Waals surface area (Å²) in [6.45, 7) is -0.0813. The first-order valence-electron chi connectivity index (χ1n) is 5.73. The van der Waals surface area contributed by atoms with E-state index < -0.39 is 0 Å². The van der Waals surface area contributed by atoms with Gasteiger partial charge in [0.05, 0.1) is 11.6 Å². The van der Waals surface area contributed by atoms with E-state index in [2.05, 4.69) is 21.2 Å². The Labute approximate surface area is 125 Å². The van der Waals surface area contributed by atoms with Crippen LogP contribution in [0.4, 0.5) is 17.1 Å². The number of methoxy groups -OCH3 is 2. The monoisotopic (exact) mass is 346 g/mol. The molecule has 0 saturated heterocycles. The molecule has 8 heteroatoms. The van der Waals surface area contributed by atoms with Gasteiger partial charge in [-0.25, -0.2) is 0 Å². The lowest BCUT2D eigenvalue weighted by atomic mass is 10.2. The number of likely N-dealkylation sites (N-methyl/N-ethyl adjacent to an activating group) is 1. The molecule has 20 heavy (non-hydrogen) atoms. The van der Waals surface area contributed by atoms with E-state index in [-0.39, 0.29) is 18.2 Å². The van der Waals surface area contributed by atoms with E-state index >= 15 is 0 Å². The zero-order chi connectivity index (χ0) is 15.3. The number of anilines is 2. The van der Waals surface area contributed by atoms with Gasteiger partial charge < -0.3 is 19.7 Å². The predicted molar refractivity (Wildman–Crippen MR) is 79.5 cm³/mol. The first-order valence-corrected chi connectivity index (χ1v) is 6.52. The third-order valence-corrected chi connectivity index (χ3v) is 3.57. The molecular weight excluding hydrogens is 330 g/mol. The fourth-order valence-electron chi connectivity index (χ4n) is 1.73. The fourth-order valence-corrected chi connectivity index (χ4v) is 2.40. The van der Waals surface area contributed by atoms with Crippen LogP contribution in [0.3, 0.4) is 0 Å². The third-order valence-electron chi connectivity index (χ3n) is 2.79. The molecule has 0 aliphatic carbocycles. The summed E-state index contributed by atoms with van der Waals surface area (Å²) in [5, 5.41) is 4.75. The fraction of sp³-hybridized carbons (Fsp3) is 0.417. The molecule has 0 aromatic heterocycles. The third kappa shape index (κ3) is 3.07. The highest BCUT2D eigenvalue weighted by molar-refractivity contribution is 9.10. The van der Waals surface area contributed by atoms with Gasteiger partial charge in [0, 0.05) is 37.4 Å². The summed E-state index contributed by atoms with van der Waals surface area (Å²) in [7, 11) is 6.16. The van der Waals surface area contributed by atoms with Crippen LogP contribution >= 0.6 is 15.9 Å². The summed E-state index contributed by atoms with van der Waals surface area (Å²) >= 11 is 3.35. The van der Waals surface area contributed by atoms with Gasteiger partial charge >= 0.3 is 5.69 Å². The second-order valence-corrected chi connectivity index (χ2v) is 4.69. The summed E-state index contributed by atoms with van der Waals surface area (Å²) < 4.78 is 10.6. The molecule has 0 unspecified atom stereocenters. The van der Waals surface area contributed by atoms with Gasteiger partial charge in [-0.3, -0.25) is 4.79 Å². The van der Waals surface area contributed by atoms with Crippen molar-refractivity contribution in [2.75, 3.05) is 45.1 Å². The van der Waals surface area contributed by atoms with Crippen molar-refractivity contribution < 1.29 is 19.4 Å². The molecule has 0 atom stereocenters. The Morgan fingerprint density at radius 1 is 1.50 bits per heavy atom. The number of nitroso groups, excluding NO2 is 1. The predicted octanol–water partition coefficient (Wildman–Crippen LogP) is 0.587. The number of ether oxygens (including phenoxy) is 2. The highest BCUT2D eigenvalue weighted by Gasteiger charge is 2.26. The van der Waals surface area contributed by atoms with Crippen molar-refractivity contribution in [2.24, 2.45) is 0 Å². The Hall–Kier alpha value is -1.67. The van der Waals surface area contributed by atoms with Gasteiger partial charge in [-0.05, 0) is 15.9 Å². The SMILES string of the molecule is CNc1c(Br)c(OC)cc(N(C)C(=O)COC)c1[NH+]=O. The smallest absolute Gasteiger partial charge is 0.301 e. The number of benzene rings is 1. The van der Waals surface area contributed by atoms with Crippen molar-refractivity contribution in [2.45, 2.75) is 0 Å². The van der Waals surface area contributed by atoms with Crippen molar-refractivity contribution >= 4 is 38.9 Å². The van der Waals surface area contributed by atoms with E-state index in [4.69, 9.17) is 9.47 Å². The summed E-state index contributed by atoms with van der Waals surface area (Å²) in [4.78, 5) is 24.5. The molecule has 1 aromatic rings. The van der Waals surface area contributed by atoms with Gasteiger partial charge in [0.15, 0.2) is 0 Å². The normalized spacial score (nSPS) is 10.1. The molecule has 0 fully saturated rings. The lowest BCUT2D eigenvalue weighted by Crippen LogP contribution is -2.57. The summed E-state index contributed by atoms with van der Waals surface area (Å²) in [5.41, 5.74) is 1.14. The van der Waals surface area contributed by atoms with Crippen molar-refractivity contribution in [3.63, 3.8) is 0 Å². The van der Waals surface area contributed by atoms with Gasteiger partial charge in [-0.2, -0.15) is 0 Å². The standard InChI is InChI=1S/C12H16BrN3O4/c1-14-12-10(13)8(20-4)5-7(11(12)15-18)16(2)9(17)6-19-3/h5,14H,6H2,1-4H3/p+1. The van der Waals surface area contributed by atoms with E-state index in [0.717, 1.165) is 0 Å². The van der Waals surface area contributed by atoms with Gasteiger partial charge in [-0.15, -0.1) is 0 Å². The second kappa shape index (κ2) is 7.20. The number of halogens is 1. The molecule has 0 heterocycles.